The Balaban J connectivity index is 1.54. The van der Waals surface area contributed by atoms with E-state index in [9.17, 15) is 9.59 Å². The van der Waals surface area contributed by atoms with Gasteiger partial charge >= 0.3 is 0 Å². The topological polar surface area (TPSA) is 58.6 Å². The summed E-state index contributed by atoms with van der Waals surface area (Å²) in [5, 5.41) is 3.01. The Hall–Kier alpha value is -2.82. The average molecular weight is 352 g/mol. The van der Waals surface area contributed by atoms with E-state index in [4.69, 9.17) is 4.74 Å². The van der Waals surface area contributed by atoms with Crippen LogP contribution in [-0.4, -0.2) is 25.0 Å². The largest absolute Gasteiger partial charge is 0.482 e. The van der Waals surface area contributed by atoms with E-state index in [1.165, 1.54) is 0 Å². The van der Waals surface area contributed by atoms with Gasteiger partial charge in [0.25, 0.3) is 5.91 Å². The smallest absolute Gasteiger partial charge is 0.265 e. The van der Waals surface area contributed by atoms with Crippen molar-refractivity contribution >= 4 is 17.5 Å². The summed E-state index contributed by atoms with van der Waals surface area (Å²) in [4.78, 5) is 26.1. The van der Waals surface area contributed by atoms with E-state index in [1.807, 2.05) is 62.4 Å². The number of hydrogen-bond donors (Lipinski definition) is 1. The van der Waals surface area contributed by atoms with Crippen molar-refractivity contribution in [1.29, 1.82) is 0 Å². The molecule has 0 fully saturated rings. The summed E-state index contributed by atoms with van der Waals surface area (Å²) in [7, 11) is 0. The van der Waals surface area contributed by atoms with Crippen molar-refractivity contribution in [2.75, 3.05) is 18.1 Å². The van der Waals surface area contributed by atoms with E-state index in [-0.39, 0.29) is 24.5 Å². The van der Waals surface area contributed by atoms with Crippen LogP contribution in [0, 0.1) is 6.92 Å². The Morgan fingerprint density at radius 1 is 1.23 bits per heavy atom. The van der Waals surface area contributed by atoms with Gasteiger partial charge in [-0.1, -0.05) is 36.4 Å². The molecule has 26 heavy (non-hydrogen) atoms. The molecule has 1 N–H and O–H groups in total. The van der Waals surface area contributed by atoms with Crippen LogP contribution in [0.2, 0.25) is 0 Å². The Morgan fingerprint density at radius 3 is 2.77 bits per heavy atom. The Bertz CT molecular complexity index is 789. The molecule has 2 aromatic carbocycles. The molecule has 0 aromatic heterocycles. The number of aryl methyl sites for hydroxylation is 1. The van der Waals surface area contributed by atoms with Crippen LogP contribution in [0.1, 0.15) is 36.9 Å². The quantitative estimate of drug-likeness (QED) is 0.867. The number of nitrogens with one attached hydrogen (secondary N) is 1. The SMILES string of the molecule is Cc1ccc2c(c1)N(CCCC(=O)N[C@@H](C)c1ccccc1)C(=O)CO2. The van der Waals surface area contributed by atoms with Gasteiger partial charge in [0.15, 0.2) is 6.61 Å². The fourth-order valence-corrected chi connectivity index (χ4v) is 3.09. The lowest BCUT2D eigenvalue weighted by atomic mass is 10.1. The lowest BCUT2D eigenvalue weighted by Gasteiger charge is -2.29. The normalized spacial score (nSPS) is 14.4. The van der Waals surface area contributed by atoms with Crippen molar-refractivity contribution in [3.05, 3.63) is 59.7 Å². The molecule has 5 heteroatoms. The molecular weight excluding hydrogens is 328 g/mol. The minimum Gasteiger partial charge on any atom is -0.482 e. The second kappa shape index (κ2) is 8.04. The lowest BCUT2D eigenvalue weighted by Crippen LogP contribution is -2.39. The number of nitrogens with zero attached hydrogens (tertiary/aromatic N) is 1. The van der Waals surface area contributed by atoms with Gasteiger partial charge in [-0.15, -0.1) is 0 Å². The van der Waals surface area contributed by atoms with Gasteiger partial charge < -0.3 is 15.0 Å². The molecule has 0 bridgehead atoms. The van der Waals surface area contributed by atoms with Gasteiger partial charge in [-0.3, -0.25) is 9.59 Å². The van der Waals surface area contributed by atoms with Crippen molar-refractivity contribution in [3.8, 4) is 5.75 Å². The molecule has 0 radical (unpaired) electrons. The third-order valence-electron chi connectivity index (χ3n) is 4.52. The Kier molecular flexibility index (Phi) is 5.56. The predicted octanol–water partition coefficient (Wildman–Crippen LogP) is 3.38. The van der Waals surface area contributed by atoms with E-state index in [2.05, 4.69) is 5.32 Å². The first-order valence-electron chi connectivity index (χ1n) is 8.93. The summed E-state index contributed by atoms with van der Waals surface area (Å²) in [5.41, 5.74) is 2.94. The molecule has 3 rings (SSSR count). The molecule has 0 saturated heterocycles. The molecule has 0 saturated carbocycles. The highest BCUT2D eigenvalue weighted by Crippen LogP contribution is 2.32. The summed E-state index contributed by atoms with van der Waals surface area (Å²) in [6.45, 7) is 4.51. The first-order valence-corrected chi connectivity index (χ1v) is 8.93. The number of fused-ring (bicyclic) bond motifs is 1. The van der Waals surface area contributed by atoms with Gasteiger partial charge in [-0.05, 0) is 43.5 Å². The van der Waals surface area contributed by atoms with Crippen molar-refractivity contribution in [3.63, 3.8) is 0 Å². The van der Waals surface area contributed by atoms with Crippen molar-refractivity contribution < 1.29 is 14.3 Å². The fourth-order valence-electron chi connectivity index (χ4n) is 3.09. The maximum absolute atomic E-state index is 12.2. The minimum atomic E-state index is -0.0684. The van der Waals surface area contributed by atoms with Gasteiger partial charge in [0.1, 0.15) is 5.75 Å². The molecule has 1 atom stereocenters. The van der Waals surface area contributed by atoms with Crippen LogP contribution in [0.4, 0.5) is 5.69 Å². The average Bonchev–Trinajstić information content (AvgIpc) is 2.64. The van der Waals surface area contributed by atoms with Crippen molar-refractivity contribution in [2.45, 2.75) is 32.7 Å². The molecular formula is C21H24N2O3. The maximum Gasteiger partial charge on any atom is 0.265 e. The molecule has 1 aliphatic heterocycles. The highest BCUT2D eigenvalue weighted by atomic mass is 16.5. The van der Waals surface area contributed by atoms with Crippen molar-refractivity contribution in [2.24, 2.45) is 0 Å². The molecule has 0 unspecified atom stereocenters. The number of rotatable bonds is 6. The number of hydrogen-bond acceptors (Lipinski definition) is 3. The van der Waals surface area contributed by atoms with Crippen molar-refractivity contribution in [1.82, 2.24) is 5.32 Å². The molecule has 2 aromatic rings. The van der Waals surface area contributed by atoms with Crippen LogP contribution < -0.4 is 15.0 Å². The van der Waals surface area contributed by atoms with Gasteiger partial charge in [-0.2, -0.15) is 0 Å². The van der Waals surface area contributed by atoms with Crippen LogP contribution in [0.25, 0.3) is 0 Å². The third kappa shape index (κ3) is 4.23. The van der Waals surface area contributed by atoms with Gasteiger partial charge in [0, 0.05) is 13.0 Å². The first-order chi connectivity index (χ1) is 12.5. The van der Waals surface area contributed by atoms with Crippen LogP contribution in [0.5, 0.6) is 5.75 Å². The summed E-state index contributed by atoms with van der Waals surface area (Å²) >= 11 is 0. The number of ether oxygens (including phenoxy) is 1. The van der Waals surface area contributed by atoms with Crippen LogP contribution >= 0.6 is 0 Å². The lowest BCUT2D eigenvalue weighted by molar-refractivity contribution is -0.123. The number of carbonyl (C=O) groups excluding carboxylic acids is 2. The highest BCUT2D eigenvalue weighted by Gasteiger charge is 2.25. The zero-order valence-corrected chi connectivity index (χ0v) is 15.2. The Morgan fingerprint density at radius 2 is 2.00 bits per heavy atom. The first kappa shape index (κ1) is 18.0. The maximum atomic E-state index is 12.2. The monoisotopic (exact) mass is 352 g/mol. The summed E-state index contributed by atoms with van der Waals surface area (Å²) in [6.07, 6.45) is 0.982. The second-order valence-electron chi connectivity index (χ2n) is 6.61. The molecule has 1 heterocycles. The van der Waals surface area contributed by atoms with Gasteiger partial charge in [-0.25, -0.2) is 0 Å². The highest BCUT2D eigenvalue weighted by molar-refractivity contribution is 5.98. The van der Waals surface area contributed by atoms with Crippen LogP contribution in [-0.2, 0) is 9.59 Å². The summed E-state index contributed by atoms with van der Waals surface area (Å²) < 4.78 is 5.48. The van der Waals surface area contributed by atoms with Crippen LogP contribution in [0.15, 0.2) is 48.5 Å². The second-order valence-corrected chi connectivity index (χ2v) is 6.61. The third-order valence-corrected chi connectivity index (χ3v) is 4.52. The Labute approximate surface area is 154 Å². The zero-order chi connectivity index (χ0) is 18.5. The van der Waals surface area contributed by atoms with Gasteiger partial charge in [0.05, 0.1) is 11.7 Å². The molecule has 0 aliphatic carbocycles. The number of benzene rings is 2. The molecule has 136 valence electrons. The fraction of sp³-hybridized carbons (Fsp3) is 0.333. The number of amides is 2. The zero-order valence-electron chi connectivity index (χ0n) is 15.2. The number of carbonyl (C=O) groups is 2. The number of anilines is 1. The van der Waals surface area contributed by atoms with E-state index < -0.39 is 0 Å². The molecule has 2 amide bonds. The predicted molar refractivity (Wildman–Crippen MR) is 101 cm³/mol. The minimum absolute atomic E-state index is 0.00785. The standard InChI is InChI=1S/C21H24N2O3/c1-15-10-11-19-18(13-15)23(21(25)14-26-19)12-6-9-20(24)22-16(2)17-7-4-3-5-8-17/h3-5,7-8,10-11,13,16H,6,9,12,14H2,1-2H3,(H,22,24)/t16-/m0/s1. The van der Waals surface area contributed by atoms with Gasteiger partial charge in [0.2, 0.25) is 5.91 Å². The van der Waals surface area contributed by atoms with E-state index in [1.54, 1.807) is 4.90 Å². The molecule has 0 spiro atoms. The van der Waals surface area contributed by atoms with E-state index in [0.717, 1.165) is 22.6 Å². The van der Waals surface area contributed by atoms with Crippen LogP contribution in [0.3, 0.4) is 0 Å². The van der Waals surface area contributed by atoms with E-state index in [0.29, 0.717) is 19.4 Å². The summed E-state index contributed by atoms with van der Waals surface area (Å²) in [5.74, 6) is 0.644. The van der Waals surface area contributed by atoms with E-state index >= 15 is 0 Å². The molecule has 1 aliphatic rings. The summed E-state index contributed by atoms with van der Waals surface area (Å²) in [6, 6.07) is 15.6. The molecule has 5 nitrogen and oxygen atoms in total.